The molecule has 0 unspecified atom stereocenters. The lowest BCUT2D eigenvalue weighted by Crippen LogP contribution is -2.01. The van der Waals surface area contributed by atoms with Gasteiger partial charge in [-0.25, -0.2) is 0 Å². The van der Waals surface area contributed by atoms with Crippen LogP contribution in [0, 0.1) is 0 Å². The van der Waals surface area contributed by atoms with Gasteiger partial charge >= 0.3 is 0 Å². The van der Waals surface area contributed by atoms with E-state index >= 15 is 0 Å². The maximum absolute atomic E-state index is 5.40. The highest BCUT2D eigenvalue weighted by Crippen LogP contribution is 2.36. The summed E-state index contributed by atoms with van der Waals surface area (Å²) < 4.78 is 10.7. The van der Waals surface area contributed by atoms with E-state index < -0.39 is 0 Å². The molecule has 2 nitrogen and oxygen atoms in total. The van der Waals surface area contributed by atoms with Crippen molar-refractivity contribution in [1.82, 2.24) is 0 Å². The number of benzene rings is 2. The summed E-state index contributed by atoms with van der Waals surface area (Å²) in [4.78, 5) is 0. The van der Waals surface area contributed by atoms with Crippen molar-refractivity contribution in [2.45, 2.75) is 12.8 Å². The molecular weight excluding hydrogens is 248 g/mol. The van der Waals surface area contributed by atoms with Crippen LogP contribution in [0.15, 0.2) is 48.5 Å². The molecule has 2 heteroatoms. The third-order valence-corrected chi connectivity index (χ3v) is 3.76. The number of ether oxygens (including phenoxy) is 2. The second-order valence-corrected chi connectivity index (χ2v) is 4.88. The molecule has 3 rings (SSSR count). The Kier molecular flexibility index (Phi) is 3.46. The third-order valence-electron chi connectivity index (χ3n) is 3.76. The third kappa shape index (κ3) is 2.18. The number of fused-ring (bicyclic) bond motifs is 1. The van der Waals surface area contributed by atoms with Crippen molar-refractivity contribution in [3.8, 4) is 11.5 Å². The molecule has 0 bridgehead atoms. The van der Waals surface area contributed by atoms with Crippen LogP contribution in [0.2, 0.25) is 0 Å². The molecule has 0 heterocycles. The average Bonchev–Trinajstić information content (AvgIpc) is 2.53. The smallest absolute Gasteiger partial charge is 0.161 e. The van der Waals surface area contributed by atoms with E-state index in [4.69, 9.17) is 9.47 Å². The van der Waals surface area contributed by atoms with Crippen molar-refractivity contribution < 1.29 is 9.47 Å². The Balaban J connectivity index is 2.07. The number of rotatable bonds is 3. The zero-order valence-electron chi connectivity index (χ0n) is 11.8. The average molecular weight is 266 g/mol. The largest absolute Gasteiger partial charge is 0.493 e. The SMILES string of the molecule is COc1ccc(C2=CCCc3ccccc32)cc1OC. The van der Waals surface area contributed by atoms with Crippen molar-refractivity contribution in [3.05, 3.63) is 65.2 Å². The first-order chi connectivity index (χ1) is 9.83. The standard InChI is InChI=1S/C18H18O2/c1-19-17-11-10-14(12-18(17)20-2)16-9-5-7-13-6-3-4-8-15(13)16/h3-4,6,8-12H,5,7H2,1-2H3. The number of hydrogen-bond donors (Lipinski definition) is 0. The Morgan fingerprint density at radius 2 is 1.70 bits per heavy atom. The molecule has 0 aromatic heterocycles. The van der Waals surface area contributed by atoms with Gasteiger partial charge in [-0.3, -0.25) is 0 Å². The van der Waals surface area contributed by atoms with E-state index in [1.807, 2.05) is 12.1 Å². The maximum Gasteiger partial charge on any atom is 0.161 e. The summed E-state index contributed by atoms with van der Waals surface area (Å²) in [5.74, 6) is 1.54. The highest BCUT2D eigenvalue weighted by Gasteiger charge is 2.15. The van der Waals surface area contributed by atoms with Gasteiger partial charge in [0.2, 0.25) is 0 Å². The number of aryl methyl sites for hydroxylation is 1. The van der Waals surface area contributed by atoms with Gasteiger partial charge in [-0.2, -0.15) is 0 Å². The van der Waals surface area contributed by atoms with E-state index in [-0.39, 0.29) is 0 Å². The summed E-state index contributed by atoms with van der Waals surface area (Å²) in [6.07, 6.45) is 4.51. The molecule has 1 aliphatic rings. The van der Waals surface area contributed by atoms with E-state index in [1.165, 1.54) is 22.3 Å². The summed E-state index contributed by atoms with van der Waals surface area (Å²) in [5.41, 5.74) is 5.20. The van der Waals surface area contributed by atoms with Gasteiger partial charge in [0.15, 0.2) is 11.5 Å². The zero-order chi connectivity index (χ0) is 13.9. The van der Waals surface area contributed by atoms with Crippen LogP contribution in [0.25, 0.3) is 5.57 Å². The van der Waals surface area contributed by atoms with Gasteiger partial charge in [0.25, 0.3) is 0 Å². The molecule has 102 valence electrons. The predicted molar refractivity (Wildman–Crippen MR) is 81.4 cm³/mol. The first-order valence-electron chi connectivity index (χ1n) is 6.84. The maximum atomic E-state index is 5.40. The second kappa shape index (κ2) is 5.41. The fraction of sp³-hybridized carbons (Fsp3) is 0.222. The molecule has 0 fully saturated rings. The van der Waals surface area contributed by atoms with Gasteiger partial charge in [-0.05, 0) is 47.2 Å². The lowest BCUT2D eigenvalue weighted by molar-refractivity contribution is 0.355. The van der Waals surface area contributed by atoms with Crippen LogP contribution in [0.4, 0.5) is 0 Å². The number of allylic oxidation sites excluding steroid dienone is 1. The molecule has 0 saturated heterocycles. The Morgan fingerprint density at radius 1 is 0.900 bits per heavy atom. The molecule has 2 aromatic rings. The molecule has 0 N–H and O–H groups in total. The van der Waals surface area contributed by atoms with E-state index in [1.54, 1.807) is 14.2 Å². The lowest BCUT2D eigenvalue weighted by atomic mass is 9.87. The first kappa shape index (κ1) is 12.8. The van der Waals surface area contributed by atoms with Crippen LogP contribution in [-0.4, -0.2) is 14.2 Å². The number of hydrogen-bond acceptors (Lipinski definition) is 2. The lowest BCUT2D eigenvalue weighted by Gasteiger charge is -2.19. The molecule has 1 aliphatic carbocycles. The van der Waals surface area contributed by atoms with Gasteiger partial charge in [-0.15, -0.1) is 0 Å². The molecule has 0 amide bonds. The molecule has 0 saturated carbocycles. The molecular formula is C18H18O2. The monoisotopic (exact) mass is 266 g/mol. The van der Waals surface area contributed by atoms with Crippen LogP contribution >= 0.6 is 0 Å². The summed E-state index contributed by atoms with van der Waals surface area (Å²) in [7, 11) is 3.33. The van der Waals surface area contributed by atoms with Crippen molar-refractivity contribution in [2.24, 2.45) is 0 Å². The minimum atomic E-state index is 0.765. The minimum Gasteiger partial charge on any atom is -0.493 e. The first-order valence-corrected chi connectivity index (χ1v) is 6.84. The Bertz CT molecular complexity index is 656. The zero-order valence-corrected chi connectivity index (χ0v) is 11.8. The fourth-order valence-electron chi connectivity index (χ4n) is 2.76. The second-order valence-electron chi connectivity index (χ2n) is 4.88. The Labute approximate surface area is 119 Å². The summed E-state index contributed by atoms with van der Waals surface area (Å²) in [6.45, 7) is 0. The van der Waals surface area contributed by atoms with Crippen LogP contribution in [0.3, 0.4) is 0 Å². The van der Waals surface area contributed by atoms with Crippen LogP contribution in [0.5, 0.6) is 11.5 Å². The summed E-state index contributed by atoms with van der Waals surface area (Å²) >= 11 is 0. The van der Waals surface area contributed by atoms with Crippen LogP contribution in [-0.2, 0) is 6.42 Å². The highest BCUT2D eigenvalue weighted by atomic mass is 16.5. The normalized spacial score (nSPS) is 13.4. The molecule has 0 radical (unpaired) electrons. The van der Waals surface area contributed by atoms with E-state index in [0.717, 1.165) is 24.3 Å². The molecule has 20 heavy (non-hydrogen) atoms. The van der Waals surface area contributed by atoms with E-state index in [9.17, 15) is 0 Å². The molecule has 0 spiro atoms. The topological polar surface area (TPSA) is 18.5 Å². The van der Waals surface area contributed by atoms with Gasteiger partial charge in [0.05, 0.1) is 14.2 Å². The highest BCUT2D eigenvalue weighted by molar-refractivity contribution is 5.83. The quantitative estimate of drug-likeness (QED) is 0.833. The van der Waals surface area contributed by atoms with Crippen molar-refractivity contribution in [1.29, 1.82) is 0 Å². The van der Waals surface area contributed by atoms with Gasteiger partial charge in [0, 0.05) is 0 Å². The van der Waals surface area contributed by atoms with Crippen molar-refractivity contribution in [3.63, 3.8) is 0 Å². The Morgan fingerprint density at radius 3 is 2.50 bits per heavy atom. The van der Waals surface area contributed by atoms with Crippen molar-refractivity contribution in [2.75, 3.05) is 14.2 Å². The van der Waals surface area contributed by atoms with Gasteiger partial charge in [0.1, 0.15) is 0 Å². The number of methoxy groups -OCH3 is 2. The van der Waals surface area contributed by atoms with E-state index in [2.05, 4.69) is 36.4 Å². The van der Waals surface area contributed by atoms with Crippen LogP contribution in [0.1, 0.15) is 23.1 Å². The van der Waals surface area contributed by atoms with Gasteiger partial charge in [-0.1, -0.05) is 36.4 Å². The fourth-order valence-corrected chi connectivity index (χ4v) is 2.76. The Hall–Kier alpha value is -2.22. The minimum absolute atomic E-state index is 0.765. The van der Waals surface area contributed by atoms with Crippen molar-refractivity contribution >= 4 is 5.57 Å². The van der Waals surface area contributed by atoms with E-state index in [0.29, 0.717) is 0 Å². The molecule has 2 aromatic carbocycles. The summed E-state index contributed by atoms with van der Waals surface area (Å²) in [5, 5.41) is 0. The van der Waals surface area contributed by atoms with Gasteiger partial charge < -0.3 is 9.47 Å². The molecule has 0 atom stereocenters. The van der Waals surface area contributed by atoms with Crippen LogP contribution < -0.4 is 9.47 Å². The predicted octanol–water partition coefficient (Wildman–Crippen LogP) is 4.08. The summed E-state index contributed by atoms with van der Waals surface area (Å²) in [6, 6.07) is 14.7. The molecule has 0 aliphatic heterocycles.